The number of aromatic nitrogens is 1. The molecular weight excluding hydrogens is 202 g/mol. The second-order valence-corrected chi connectivity index (χ2v) is 4.31. The highest BCUT2D eigenvalue weighted by Gasteiger charge is 2.24. The maximum absolute atomic E-state index is 9.48. The average molecular weight is 221 g/mol. The summed E-state index contributed by atoms with van der Waals surface area (Å²) < 4.78 is 0. The zero-order chi connectivity index (χ0) is 11.4. The van der Waals surface area contributed by atoms with Crippen LogP contribution < -0.4 is 5.73 Å². The lowest BCUT2D eigenvalue weighted by Crippen LogP contribution is -2.41. The van der Waals surface area contributed by atoms with Gasteiger partial charge in [-0.25, -0.2) is 0 Å². The normalized spacial score (nSPS) is 20.9. The summed E-state index contributed by atoms with van der Waals surface area (Å²) in [6, 6.07) is 4.24. The second kappa shape index (κ2) is 5.39. The van der Waals surface area contributed by atoms with Crippen molar-refractivity contribution in [2.24, 2.45) is 5.73 Å². The van der Waals surface area contributed by atoms with E-state index in [1.807, 2.05) is 12.3 Å². The zero-order valence-corrected chi connectivity index (χ0v) is 9.42. The standard InChI is InChI=1S/C12H19N3O/c13-8-12(10-2-1-5-14-9-10)15-6-3-11(16)4-7-15/h1-2,5,9,11-12,16H,3-4,6-8,13H2. The molecule has 1 fully saturated rings. The van der Waals surface area contributed by atoms with Gasteiger partial charge in [0.05, 0.1) is 6.10 Å². The summed E-state index contributed by atoms with van der Waals surface area (Å²) in [6.07, 6.45) is 5.20. The van der Waals surface area contributed by atoms with Gasteiger partial charge in [0.25, 0.3) is 0 Å². The summed E-state index contributed by atoms with van der Waals surface area (Å²) in [5, 5.41) is 9.48. The first-order valence-electron chi connectivity index (χ1n) is 5.83. The zero-order valence-electron chi connectivity index (χ0n) is 9.42. The quantitative estimate of drug-likeness (QED) is 0.782. The first-order valence-corrected chi connectivity index (χ1v) is 5.83. The summed E-state index contributed by atoms with van der Waals surface area (Å²) in [4.78, 5) is 6.47. The Hall–Kier alpha value is -0.970. The van der Waals surface area contributed by atoms with Crippen LogP contribution in [0.15, 0.2) is 24.5 Å². The molecule has 16 heavy (non-hydrogen) atoms. The number of pyridine rings is 1. The highest BCUT2D eigenvalue weighted by atomic mass is 16.3. The van der Waals surface area contributed by atoms with Gasteiger partial charge in [0.1, 0.15) is 0 Å². The maximum Gasteiger partial charge on any atom is 0.0564 e. The largest absolute Gasteiger partial charge is 0.393 e. The van der Waals surface area contributed by atoms with Gasteiger partial charge in [-0.1, -0.05) is 6.07 Å². The summed E-state index contributed by atoms with van der Waals surface area (Å²) in [6.45, 7) is 2.43. The Morgan fingerprint density at radius 3 is 2.81 bits per heavy atom. The number of likely N-dealkylation sites (tertiary alicyclic amines) is 1. The van der Waals surface area contributed by atoms with E-state index in [4.69, 9.17) is 5.73 Å². The number of hydrogen-bond acceptors (Lipinski definition) is 4. The Kier molecular flexibility index (Phi) is 3.88. The van der Waals surface area contributed by atoms with Crippen molar-refractivity contribution in [3.63, 3.8) is 0 Å². The molecule has 2 rings (SSSR count). The molecule has 0 spiro atoms. The molecule has 0 radical (unpaired) electrons. The van der Waals surface area contributed by atoms with Crippen LogP contribution in [0.1, 0.15) is 24.4 Å². The van der Waals surface area contributed by atoms with E-state index >= 15 is 0 Å². The van der Waals surface area contributed by atoms with Gasteiger partial charge in [-0.05, 0) is 24.5 Å². The van der Waals surface area contributed by atoms with E-state index < -0.39 is 0 Å². The van der Waals surface area contributed by atoms with Crippen LogP contribution in [0.25, 0.3) is 0 Å². The minimum atomic E-state index is -0.136. The molecule has 0 aromatic carbocycles. The molecule has 0 amide bonds. The van der Waals surface area contributed by atoms with Crippen LogP contribution in [-0.4, -0.2) is 40.7 Å². The molecule has 0 bridgehead atoms. The van der Waals surface area contributed by atoms with E-state index in [1.54, 1.807) is 6.20 Å². The van der Waals surface area contributed by atoms with Crippen LogP contribution >= 0.6 is 0 Å². The van der Waals surface area contributed by atoms with Gasteiger partial charge in [0.15, 0.2) is 0 Å². The third-order valence-electron chi connectivity index (χ3n) is 3.23. The molecule has 0 aliphatic carbocycles. The van der Waals surface area contributed by atoms with E-state index in [2.05, 4.69) is 16.0 Å². The highest BCUT2D eigenvalue weighted by Crippen LogP contribution is 2.23. The Labute approximate surface area is 96.1 Å². The molecule has 4 heteroatoms. The molecule has 88 valence electrons. The van der Waals surface area contributed by atoms with Crippen molar-refractivity contribution in [1.29, 1.82) is 0 Å². The lowest BCUT2D eigenvalue weighted by atomic mass is 10.0. The average Bonchev–Trinajstić information content (AvgIpc) is 2.34. The SMILES string of the molecule is NCC(c1cccnc1)N1CCC(O)CC1. The summed E-state index contributed by atoms with van der Waals surface area (Å²) in [5.41, 5.74) is 7.01. The van der Waals surface area contributed by atoms with Crippen LogP contribution in [0.5, 0.6) is 0 Å². The Morgan fingerprint density at radius 2 is 2.25 bits per heavy atom. The maximum atomic E-state index is 9.48. The Balaban J connectivity index is 2.05. The van der Waals surface area contributed by atoms with Crippen molar-refractivity contribution in [3.05, 3.63) is 30.1 Å². The molecule has 1 aromatic rings. The summed E-state index contributed by atoms with van der Waals surface area (Å²) in [7, 11) is 0. The molecular formula is C12H19N3O. The van der Waals surface area contributed by atoms with E-state index in [0.29, 0.717) is 6.54 Å². The van der Waals surface area contributed by atoms with Crippen LogP contribution in [0.4, 0.5) is 0 Å². The number of aliphatic hydroxyl groups is 1. The van der Waals surface area contributed by atoms with Gasteiger partial charge < -0.3 is 10.8 Å². The monoisotopic (exact) mass is 221 g/mol. The second-order valence-electron chi connectivity index (χ2n) is 4.31. The highest BCUT2D eigenvalue weighted by molar-refractivity contribution is 5.14. The van der Waals surface area contributed by atoms with E-state index in [1.165, 1.54) is 5.56 Å². The molecule has 4 nitrogen and oxygen atoms in total. The van der Waals surface area contributed by atoms with Crippen LogP contribution in [-0.2, 0) is 0 Å². The van der Waals surface area contributed by atoms with Crippen molar-refractivity contribution < 1.29 is 5.11 Å². The van der Waals surface area contributed by atoms with Gasteiger partial charge >= 0.3 is 0 Å². The van der Waals surface area contributed by atoms with Gasteiger partial charge in [-0.15, -0.1) is 0 Å². The van der Waals surface area contributed by atoms with Gasteiger partial charge in [-0.2, -0.15) is 0 Å². The minimum absolute atomic E-state index is 0.136. The van der Waals surface area contributed by atoms with Crippen molar-refractivity contribution in [2.75, 3.05) is 19.6 Å². The fourth-order valence-corrected chi connectivity index (χ4v) is 2.27. The van der Waals surface area contributed by atoms with Crippen molar-refractivity contribution in [3.8, 4) is 0 Å². The van der Waals surface area contributed by atoms with Crippen molar-refractivity contribution >= 4 is 0 Å². The minimum Gasteiger partial charge on any atom is -0.393 e. The number of hydrogen-bond donors (Lipinski definition) is 2. The lowest BCUT2D eigenvalue weighted by Gasteiger charge is -2.35. The molecule has 1 aromatic heterocycles. The number of nitrogens with zero attached hydrogens (tertiary/aromatic N) is 2. The van der Waals surface area contributed by atoms with Gasteiger partial charge in [-0.3, -0.25) is 9.88 Å². The van der Waals surface area contributed by atoms with Crippen LogP contribution in [0.2, 0.25) is 0 Å². The van der Waals surface area contributed by atoms with E-state index in [0.717, 1.165) is 25.9 Å². The third-order valence-corrected chi connectivity index (χ3v) is 3.23. The molecule has 1 atom stereocenters. The molecule has 0 saturated carbocycles. The summed E-state index contributed by atoms with van der Waals surface area (Å²) in [5.74, 6) is 0. The predicted molar refractivity (Wildman–Crippen MR) is 62.8 cm³/mol. The van der Waals surface area contributed by atoms with Gasteiger partial charge in [0.2, 0.25) is 0 Å². The fourth-order valence-electron chi connectivity index (χ4n) is 2.27. The summed E-state index contributed by atoms with van der Waals surface area (Å²) >= 11 is 0. The van der Waals surface area contributed by atoms with Crippen LogP contribution in [0, 0.1) is 0 Å². The predicted octanol–water partition coefficient (Wildman–Crippen LogP) is 0.538. The van der Waals surface area contributed by atoms with E-state index in [-0.39, 0.29) is 12.1 Å². The molecule has 3 N–H and O–H groups in total. The lowest BCUT2D eigenvalue weighted by molar-refractivity contribution is 0.0621. The molecule has 2 heterocycles. The smallest absolute Gasteiger partial charge is 0.0564 e. The molecule has 1 aliphatic heterocycles. The number of nitrogens with two attached hydrogens (primary N) is 1. The first-order chi connectivity index (χ1) is 7.81. The van der Waals surface area contributed by atoms with Crippen LogP contribution in [0.3, 0.4) is 0 Å². The molecule has 1 unspecified atom stereocenters. The third kappa shape index (κ3) is 2.58. The fraction of sp³-hybridized carbons (Fsp3) is 0.583. The van der Waals surface area contributed by atoms with Crippen molar-refractivity contribution in [2.45, 2.75) is 25.0 Å². The number of aliphatic hydroxyl groups excluding tert-OH is 1. The Morgan fingerprint density at radius 1 is 1.50 bits per heavy atom. The van der Waals surface area contributed by atoms with Crippen molar-refractivity contribution in [1.82, 2.24) is 9.88 Å². The van der Waals surface area contributed by atoms with E-state index in [9.17, 15) is 5.11 Å². The first kappa shape index (κ1) is 11.5. The Bertz CT molecular complexity index is 309. The topological polar surface area (TPSA) is 62.4 Å². The molecule has 1 saturated heterocycles. The van der Waals surface area contributed by atoms with Gasteiger partial charge in [0, 0.05) is 38.1 Å². The molecule has 1 aliphatic rings. The number of piperidine rings is 1. The number of rotatable bonds is 3.